The van der Waals surface area contributed by atoms with Crippen LogP contribution in [0.2, 0.25) is 0 Å². The summed E-state index contributed by atoms with van der Waals surface area (Å²) in [5.41, 5.74) is 0.0299. The highest BCUT2D eigenvalue weighted by molar-refractivity contribution is 6.07. The van der Waals surface area contributed by atoms with Gasteiger partial charge >= 0.3 is 6.18 Å². The van der Waals surface area contributed by atoms with Gasteiger partial charge in [0, 0.05) is 11.9 Å². The SMILES string of the molecule is CCC(C)c1ccccc1N/C=C(/C#N)C(=O)Nc1ccccc1C(F)(F)F. The van der Waals surface area contributed by atoms with E-state index in [2.05, 4.69) is 17.6 Å². The van der Waals surface area contributed by atoms with Gasteiger partial charge in [-0.05, 0) is 36.1 Å². The molecule has 0 spiro atoms. The van der Waals surface area contributed by atoms with Crippen LogP contribution in [0.3, 0.4) is 0 Å². The third kappa shape index (κ3) is 5.13. The van der Waals surface area contributed by atoms with E-state index in [9.17, 15) is 23.2 Å². The monoisotopic (exact) mass is 387 g/mol. The standard InChI is InChI=1S/C21H20F3N3O/c1-3-14(2)16-8-4-6-10-18(16)26-13-15(12-25)20(28)27-19-11-7-5-9-17(19)21(22,23)24/h4-11,13-14,26H,3H2,1-2H3,(H,27,28)/b15-13-. The predicted molar refractivity (Wildman–Crippen MR) is 103 cm³/mol. The Morgan fingerprint density at radius 2 is 1.75 bits per heavy atom. The van der Waals surface area contributed by atoms with Crippen molar-refractivity contribution in [3.63, 3.8) is 0 Å². The van der Waals surface area contributed by atoms with Gasteiger partial charge in [0.2, 0.25) is 0 Å². The van der Waals surface area contributed by atoms with E-state index in [1.54, 1.807) is 6.07 Å². The number of halogens is 3. The van der Waals surface area contributed by atoms with Crippen LogP contribution >= 0.6 is 0 Å². The molecular formula is C21H20F3N3O. The Hall–Kier alpha value is -3.27. The van der Waals surface area contributed by atoms with Gasteiger partial charge < -0.3 is 10.6 Å². The van der Waals surface area contributed by atoms with Gasteiger partial charge in [-0.3, -0.25) is 4.79 Å². The third-order valence-corrected chi connectivity index (χ3v) is 4.32. The average molecular weight is 387 g/mol. The molecule has 0 radical (unpaired) electrons. The van der Waals surface area contributed by atoms with Crippen molar-refractivity contribution >= 4 is 17.3 Å². The molecule has 1 unspecified atom stereocenters. The second kappa shape index (κ2) is 9.09. The fraction of sp³-hybridized carbons (Fsp3) is 0.238. The number of carbonyl (C=O) groups is 1. The smallest absolute Gasteiger partial charge is 0.360 e. The van der Waals surface area contributed by atoms with Crippen molar-refractivity contribution < 1.29 is 18.0 Å². The lowest BCUT2D eigenvalue weighted by atomic mass is 9.97. The van der Waals surface area contributed by atoms with Crippen LogP contribution in [0.15, 0.2) is 60.3 Å². The van der Waals surface area contributed by atoms with Gasteiger partial charge in [-0.15, -0.1) is 0 Å². The van der Waals surface area contributed by atoms with Crippen molar-refractivity contribution in [3.05, 3.63) is 71.4 Å². The zero-order valence-electron chi connectivity index (χ0n) is 15.5. The topological polar surface area (TPSA) is 64.9 Å². The maximum Gasteiger partial charge on any atom is 0.418 e. The molecular weight excluding hydrogens is 367 g/mol. The number of anilines is 2. The molecule has 7 heteroatoms. The first kappa shape index (κ1) is 21.0. The zero-order chi connectivity index (χ0) is 20.7. The maximum absolute atomic E-state index is 13.1. The Morgan fingerprint density at radius 3 is 2.36 bits per heavy atom. The summed E-state index contributed by atoms with van der Waals surface area (Å²) >= 11 is 0. The van der Waals surface area contributed by atoms with Crippen LogP contribution in [0.5, 0.6) is 0 Å². The van der Waals surface area contributed by atoms with Crippen molar-refractivity contribution in [2.45, 2.75) is 32.4 Å². The van der Waals surface area contributed by atoms with E-state index in [1.807, 2.05) is 31.2 Å². The van der Waals surface area contributed by atoms with Crippen molar-refractivity contribution in [1.82, 2.24) is 0 Å². The lowest BCUT2D eigenvalue weighted by Crippen LogP contribution is -2.18. The van der Waals surface area contributed by atoms with Gasteiger partial charge in [-0.2, -0.15) is 18.4 Å². The highest BCUT2D eigenvalue weighted by atomic mass is 19.4. The van der Waals surface area contributed by atoms with Gasteiger partial charge in [0.05, 0.1) is 11.3 Å². The van der Waals surface area contributed by atoms with Crippen LogP contribution in [0.1, 0.15) is 37.3 Å². The number of carbonyl (C=O) groups excluding carboxylic acids is 1. The fourth-order valence-electron chi connectivity index (χ4n) is 2.61. The molecule has 2 aromatic rings. The molecule has 146 valence electrons. The lowest BCUT2D eigenvalue weighted by Gasteiger charge is -2.15. The molecule has 2 N–H and O–H groups in total. The van der Waals surface area contributed by atoms with Crippen LogP contribution in [0.4, 0.5) is 24.5 Å². The summed E-state index contributed by atoms with van der Waals surface area (Å²) in [5, 5.41) is 14.4. The summed E-state index contributed by atoms with van der Waals surface area (Å²) in [6.07, 6.45) is -2.51. The number of amides is 1. The Bertz CT molecular complexity index is 914. The minimum absolute atomic E-state index is 0.259. The second-order valence-electron chi connectivity index (χ2n) is 6.21. The van der Waals surface area contributed by atoms with Crippen molar-refractivity contribution in [3.8, 4) is 6.07 Å². The second-order valence-corrected chi connectivity index (χ2v) is 6.21. The van der Waals surface area contributed by atoms with E-state index in [4.69, 9.17) is 0 Å². The summed E-state index contributed by atoms with van der Waals surface area (Å²) in [6, 6.07) is 13.8. The summed E-state index contributed by atoms with van der Waals surface area (Å²) < 4.78 is 39.2. The Kier molecular flexibility index (Phi) is 6.83. The molecule has 2 rings (SSSR count). The molecule has 0 aliphatic rings. The molecule has 0 saturated carbocycles. The van der Waals surface area contributed by atoms with Crippen LogP contribution in [0.25, 0.3) is 0 Å². The Labute approximate surface area is 161 Å². The molecule has 0 heterocycles. The number of benzene rings is 2. The number of nitrogens with zero attached hydrogens (tertiary/aromatic N) is 1. The predicted octanol–water partition coefficient (Wildman–Crippen LogP) is 5.68. The number of rotatable bonds is 6. The van der Waals surface area contributed by atoms with Gasteiger partial charge in [0.15, 0.2) is 0 Å². The van der Waals surface area contributed by atoms with E-state index >= 15 is 0 Å². The quantitative estimate of drug-likeness (QED) is 0.495. The van der Waals surface area contributed by atoms with E-state index < -0.39 is 23.3 Å². The largest absolute Gasteiger partial charge is 0.418 e. The Balaban J connectivity index is 2.23. The van der Waals surface area contributed by atoms with E-state index in [0.29, 0.717) is 0 Å². The van der Waals surface area contributed by atoms with Crippen molar-refractivity contribution in [1.29, 1.82) is 5.26 Å². The molecule has 1 amide bonds. The van der Waals surface area contributed by atoms with Gasteiger partial charge in [-0.25, -0.2) is 0 Å². The average Bonchev–Trinajstić information content (AvgIpc) is 2.67. The Morgan fingerprint density at radius 1 is 1.14 bits per heavy atom. The molecule has 0 bridgehead atoms. The normalized spacial score (nSPS) is 12.8. The van der Waals surface area contributed by atoms with E-state index in [-0.39, 0.29) is 11.5 Å². The highest BCUT2D eigenvalue weighted by Gasteiger charge is 2.33. The molecule has 0 aliphatic heterocycles. The molecule has 4 nitrogen and oxygen atoms in total. The minimum atomic E-state index is -4.62. The molecule has 0 fully saturated rings. The van der Waals surface area contributed by atoms with Crippen LogP contribution < -0.4 is 10.6 Å². The van der Waals surface area contributed by atoms with Crippen molar-refractivity contribution in [2.75, 3.05) is 10.6 Å². The number of hydrogen-bond donors (Lipinski definition) is 2. The van der Waals surface area contributed by atoms with Gasteiger partial charge in [0.1, 0.15) is 11.6 Å². The summed E-state index contributed by atoms with van der Waals surface area (Å²) in [4.78, 5) is 12.3. The van der Waals surface area contributed by atoms with Crippen LogP contribution in [0, 0.1) is 11.3 Å². The molecule has 0 aliphatic carbocycles. The molecule has 2 aromatic carbocycles. The number of nitriles is 1. The first-order chi connectivity index (χ1) is 13.3. The molecule has 0 saturated heterocycles. The van der Waals surface area contributed by atoms with Gasteiger partial charge in [-0.1, -0.05) is 44.2 Å². The number of para-hydroxylation sites is 2. The molecule has 0 aromatic heterocycles. The summed E-state index contributed by atoms with van der Waals surface area (Å²) in [5.74, 6) is -0.664. The highest BCUT2D eigenvalue weighted by Crippen LogP contribution is 2.34. The molecule has 28 heavy (non-hydrogen) atoms. The summed E-state index contributed by atoms with van der Waals surface area (Å²) in [6.45, 7) is 4.10. The minimum Gasteiger partial charge on any atom is -0.360 e. The lowest BCUT2D eigenvalue weighted by molar-refractivity contribution is -0.137. The maximum atomic E-state index is 13.1. The van der Waals surface area contributed by atoms with Crippen LogP contribution in [-0.4, -0.2) is 5.91 Å². The molecule has 1 atom stereocenters. The number of nitrogens with one attached hydrogen (secondary N) is 2. The fourth-order valence-corrected chi connectivity index (χ4v) is 2.61. The third-order valence-electron chi connectivity index (χ3n) is 4.32. The number of hydrogen-bond acceptors (Lipinski definition) is 3. The van der Waals surface area contributed by atoms with Gasteiger partial charge in [0.25, 0.3) is 5.91 Å². The first-order valence-electron chi connectivity index (χ1n) is 8.71. The van der Waals surface area contributed by atoms with Crippen LogP contribution in [-0.2, 0) is 11.0 Å². The van der Waals surface area contributed by atoms with E-state index in [1.165, 1.54) is 18.3 Å². The van der Waals surface area contributed by atoms with Crippen molar-refractivity contribution in [2.24, 2.45) is 0 Å². The number of alkyl halides is 3. The summed E-state index contributed by atoms with van der Waals surface area (Å²) in [7, 11) is 0. The first-order valence-corrected chi connectivity index (χ1v) is 8.71. The van der Waals surface area contributed by atoms with E-state index in [0.717, 1.165) is 29.8 Å². The zero-order valence-corrected chi connectivity index (χ0v) is 15.5.